The average molecular weight is 443 g/mol. The van der Waals surface area contributed by atoms with Crippen LogP contribution in [0.2, 0.25) is 5.02 Å². The number of rotatable bonds is 4. The zero-order valence-corrected chi connectivity index (χ0v) is 17.4. The van der Waals surface area contributed by atoms with Crippen LogP contribution in [0.4, 0.5) is 17.1 Å². The number of amides is 3. The van der Waals surface area contributed by atoms with Gasteiger partial charge in [0.05, 0.1) is 5.56 Å². The maximum absolute atomic E-state index is 12.5. The average Bonchev–Trinajstić information content (AvgIpc) is 3.16. The Morgan fingerprint density at radius 2 is 1.67 bits per heavy atom. The molecule has 7 nitrogen and oxygen atoms in total. The molecule has 0 aliphatic carbocycles. The van der Waals surface area contributed by atoms with Crippen molar-refractivity contribution in [3.63, 3.8) is 0 Å². The highest BCUT2D eigenvalue weighted by Crippen LogP contribution is 2.35. The lowest BCUT2D eigenvalue weighted by Gasteiger charge is -2.37. The molecule has 0 aromatic heterocycles. The van der Waals surface area contributed by atoms with Crippen LogP contribution in [0.1, 0.15) is 16.8 Å². The van der Waals surface area contributed by atoms with E-state index in [1.807, 2.05) is 0 Å². The van der Waals surface area contributed by atoms with E-state index in [0.717, 1.165) is 35.8 Å². The van der Waals surface area contributed by atoms with Crippen molar-refractivity contribution in [2.75, 3.05) is 27.5 Å². The van der Waals surface area contributed by atoms with Gasteiger partial charge in [-0.15, -0.1) is 0 Å². The second kappa shape index (κ2) is 8.41. The Hall–Kier alpha value is -2.97. The van der Waals surface area contributed by atoms with Crippen LogP contribution < -0.4 is 21.3 Å². The number of thioether (sulfide) groups is 1. The molecule has 0 saturated carbocycles. The van der Waals surface area contributed by atoms with Gasteiger partial charge in [0.2, 0.25) is 11.8 Å². The van der Waals surface area contributed by atoms with Gasteiger partial charge in [0.25, 0.3) is 5.91 Å². The van der Waals surface area contributed by atoms with E-state index in [4.69, 9.17) is 11.6 Å². The Labute approximate surface area is 182 Å². The minimum atomic E-state index is -0.478. The Bertz CT molecular complexity index is 1030. The van der Waals surface area contributed by atoms with Crippen LogP contribution in [0.5, 0.6) is 0 Å². The van der Waals surface area contributed by atoms with Crippen molar-refractivity contribution < 1.29 is 14.4 Å². The molecule has 2 aromatic carbocycles. The van der Waals surface area contributed by atoms with Crippen LogP contribution in [0.15, 0.2) is 54.6 Å². The van der Waals surface area contributed by atoms with Gasteiger partial charge in [-0.25, -0.2) is 0 Å². The Morgan fingerprint density at radius 1 is 1.00 bits per heavy atom. The van der Waals surface area contributed by atoms with Crippen molar-refractivity contribution in [2.24, 2.45) is 0 Å². The van der Waals surface area contributed by atoms with Crippen molar-refractivity contribution in [1.82, 2.24) is 5.32 Å². The van der Waals surface area contributed by atoms with Crippen molar-refractivity contribution in [3.05, 3.63) is 65.2 Å². The van der Waals surface area contributed by atoms with Gasteiger partial charge >= 0.3 is 0 Å². The Balaban J connectivity index is 1.37. The molecule has 1 atom stereocenters. The summed E-state index contributed by atoms with van der Waals surface area (Å²) in [6.07, 6.45) is 3.14. The van der Waals surface area contributed by atoms with Gasteiger partial charge in [0, 0.05) is 40.0 Å². The summed E-state index contributed by atoms with van der Waals surface area (Å²) < 4.78 is 0. The molecule has 2 aromatic rings. The van der Waals surface area contributed by atoms with Gasteiger partial charge in [0.15, 0.2) is 0 Å². The highest BCUT2D eigenvalue weighted by molar-refractivity contribution is 7.99. The lowest BCUT2D eigenvalue weighted by molar-refractivity contribution is -0.114. The van der Waals surface area contributed by atoms with Crippen LogP contribution in [-0.2, 0) is 9.59 Å². The molecule has 1 spiro atoms. The van der Waals surface area contributed by atoms with E-state index in [-0.39, 0.29) is 11.6 Å². The third-order valence-corrected chi connectivity index (χ3v) is 6.22. The van der Waals surface area contributed by atoms with E-state index in [9.17, 15) is 14.4 Å². The summed E-state index contributed by atoms with van der Waals surface area (Å²) in [7, 11) is 0. The predicted molar refractivity (Wildman–Crippen MR) is 120 cm³/mol. The molecule has 30 heavy (non-hydrogen) atoms. The quantitative estimate of drug-likeness (QED) is 0.543. The molecule has 0 radical (unpaired) electrons. The zero-order valence-electron chi connectivity index (χ0n) is 15.8. The summed E-state index contributed by atoms with van der Waals surface area (Å²) in [5, 5.41) is 12.3. The number of nitrogens with one attached hydrogen (secondary N) is 4. The number of hydrogen-bond donors (Lipinski definition) is 4. The van der Waals surface area contributed by atoms with Crippen molar-refractivity contribution in [2.45, 2.75) is 12.1 Å². The van der Waals surface area contributed by atoms with Gasteiger partial charge in [-0.3, -0.25) is 14.4 Å². The largest absolute Gasteiger partial charge is 0.361 e. The Morgan fingerprint density at radius 3 is 2.33 bits per heavy atom. The number of benzene rings is 2. The van der Waals surface area contributed by atoms with Gasteiger partial charge in [-0.2, -0.15) is 11.8 Å². The van der Waals surface area contributed by atoms with Crippen molar-refractivity contribution >= 4 is 58.1 Å². The highest BCUT2D eigenvalue weighted by Gasteiger charge is 2.40. The van der Waals surface area contributed by atoms with E-state index >= 15 is 0 Å². The summed E-state index contributed by atoms with van der Waals surface area (Å²) in [5.74, 6) is 0.726. The summed E-state index contributed by atoms with van der Waals surface area (Å²) in [5.41, 5.74) is 1.87. The first-order valence-corrected chi connectivity index (χ1v) is 10.8. The zero-order chi connectivity index (χ0) is 21.1. The monoisotopic (exact) mass is 442 g/mol. The highest BCUT2D eigenvalue weighted by atomic mass is 35.5. The molecule has 154 valence electrons. The molecule has 1 fully saturated rings. The fourth-order valence-corrected chi connectivity index (χ4v) is 4.71. The molecule has 3 amide bonds. The molecule has 4 rings (SSSR count). The maximum atomic E-state index is 12.5. The fraction of sp³-hybridized carbons (Fsp3) is 0.190. The second-order valence-electron chi connectivity index (χ2n) is 7.04. The molecule has 0 bridgehead atoms. The fourth-order valence-electron chi connectivity index (χ4n) is 3.31. The van der Waals surface area contributed by atoms with Crippen LogP contribution >= 0.6 is 23.4 Å². The predicted octanol–water partition coefficient (Wildman–Crippen LogP) is 3.46. The smallest absolute Gasteiger partial charge is 0.255 e. The molecule has 2 heterocycles. The molecule has 2 aliphatic rings. The number of hydrogen-bond acceptors (Lipinski definition) is 5. The normalized spacial score (nSPS) is 19.8. The summed E-state index contributed by atoms with van der Waals surface area (Å²) in [6, 6.07) is 11.8. The first kappa shape index (κ1) is 20.3. The van der Waals surface area contributed by atoms with E-state index in [1.54, 1.807) is 54.2 Å². The van der Waals surface area contributed by atoms with Crippen molar-refractivity contribution in [1.29, 1.82) is 0 Å². The van der Waals surface area contributed by atoms with E-state index in [1.165, 1.54) is 0 Å². The maximum Gasteiger partial charge on any atom is 0.255 e. The first-order chi connectivity index (χ1) is 14.4. The van der Waals surface area contributed by atoms with E-state index in [0.29, 0.717) is 22.0 Å². The van der Waals surface area contributed by atoms with Crippen LogP contribution in [-0.4, -0.2) is 34.9 Å². The van der Waals surface area contributed by atoms with E-state index in [2.05, 4.69) is 21.3 Å². The lowest BCUT2D eigenvalue weighted by Crippen LogP contribution is -2.57. The second-order valence-corrected chi connectivity index (χ2v) is 8.58. The van der Waals surface area contributed by atoms with Crippen LogP contribution in [0.25, 0.3) is 0 Å². The minimum Gasteiger partial charge on any atom is -0.361 e. The molecule has 1 unspecified atom stereocenters. The Kier molecular flexibility index (Phi) is 5.69. The molecule has 2 aliphatic heterocycles. The summed E-state index contributed by atoms with van der Waals surface area (Å²) >= 11 is 7.60. The molecule has 4 N–H and O–H groups in total. The molecule has 9 heteroatoms. The SMILES string of the molecule is O=C(/C=C/C(=O)Nc1ccc2c(c1)C(=O)NC1(CCSC1)N2)Nc1ccc(Cl)cc1. The minimum absolute atomic E-state index is 0.166. The van der Waals surface area contributed by atoms with E-state index < -0.39 is 11.8 Å². The van der Waals surface area contributed by atoms with Gasteiger partial charge in [0.1, 0.15) is 5.66 Å². The first-order valence-electron chi connectivity index (χ1n) is 9.31. The van der Waals surface area contributed by atoms with Gasteiger partial charge in [-0.05, 0) is 54.6 Å². The number of carbonyl (C=O) groups excluding carboxylic acids is 3. The molecular formula is C21H19ClN4O3S. The van der Waals surface area contributed by atoms with Crippen molar-refractivity contribution in [3.8, 4) is 0 Å². The number of halogens is 1. The number of carbonyl (C=O) groups is 3. The van der Waals surface area contributed by atoms with Crippen LogP contribution in [0, 0.1) is 0 Å². The third kappa shape index (κ3) is 4.60. The summed E-state index contributed by atoms with van der Waals surface area (Å²) in [6.45, 7) is 0. The molecular weight excluding hydrogens is 424 g/mol. The topological polar surface area (TPSA) is 99.3 Å². The number of anilines is 3. The molecule has 1 saturated heterocycles. The number of fused-ring (bicyclic) bond motifs is 1. The standard InChI is InChI=1S/C21H19ClN4O3S/c22-13-1-3-14(4-2-13)23-18(27)7-8-19(28)24-15-5-6-17-16(11-15)20(29)26-21(25-17)9-10-30-12-21/h1-8,11,25H,9-10,12H2,(H,23,27)(H,24,28)(H,26,29)/b8-7+. The summed E-state index contributed by atoms with van der Waals surface area (Å²) in [4.78, 5) is 36.6. The van der Waals surface area contributed by atoms with Gasteiger partial charge < -0.3 is 21.3 Å². The van der Waals surface area contributed by atoms with Crippen LogP contribution in [0.3, 0.4) is 0 Å². The lowest BCUT2D eigenvalue weighted by atomic mass is 10.0. The third-order valence-electron chi connectivity index (χ3n) is 4.78. The van der Waals surface area contributed by atoms with Gasteiger partial charge in [-0.1, -0.05) is 11.6 Å².